The van der Waals surface area contributed by atoms with Crippen LogP contribution in [-0.2, 0) is 101 Å². The summed E-state index contributed by atoms with van der Waals surface area (Å²) in [5.74, 6) is -7.40. The van der Waals surface area contributed by atoms with Crippen molar-refractivity contribution in [3.8, 4) is 0 Å². The molecule has 6 aliphatic rings. The van der Waals surface area contributed by atoms with Crippen molar-refractivity contribution in [3.63, 3.8) is 0 Å². The topological polar surface area (TPSA) is 440 Å². The fourth-order valence-corrected chi connectivity index (χ4v) is 13.2. The zero-order chi connectivity index (χ0) is 90.9. The van der Waals surface area contributed by atoms with E-state index in [0.29, 0.717) is 148 Å². The number of carbonyl (C=O) groups is 15. The average Bonchev–Trinajstić information content (AvgIpc) is 1.17. The first-order valence-electron chi connectivity index (χ1n) is 41.2. The number of amides is 7. The van der Waals surface area contributed by atoms with Crippen LogP contribution in [0.2, 0.25) is 0 Å². The third kappa shape index (κ3) is 39.2. The van der Waals surface area contributed by atoms with Gasteiger partial charge in [0.15, 0.2) is 0 Å². The van der Waals surface area contributed by atoms with Gasteiger partial charge in [0.25, 0.3) is 41.4 Å². The van der Waals surface area contributed by atoms with Gasteiger partial charge in [0.1, 0.15) is 22.4 Å². The van der Waals surface area contributed by atoms with Gasteiger partial charge < -0.3 is 50.2 Å². The second-order valence-corrected chi connectivity index (χ2v) is 34.3. The number of carboxylic acid groups (broad SMARTS) is 3. The highest BCUT2D eigenvalue weighted by atomic mass is 16.7. The Balaban J connectivity index is 0.000000270. The Kier molecular flexibility index (Phi) is 39.9. The van der Waals surface area contributed by atoms with Gasteiger partial charge in [-0.25, -0.2) is 9.59 Å². The molecular weight excluding hydrogens is 1600 g/mol. The molecule has 3 aromatic rings. The fourth-order valence-electron chi connectivity index (χ4n) is 13.2. The number of esters is 4. The Morgan fingerprint density at radius 2 is 0.602 bits per heavy atom. The summed E-state index contributed by atoms with van der Waals surface area (Å²) in [6.45, 7) is 36.4. The van der Waals surface area contributed by atoms with Gasteiger partial charge in [0.05, 0.1) is 50.4 Å². The van der Waals surface area contributed by atoms with Gasteiger partial charge in [-0.2, -0.15) is 0 Å². The SMILES string of the molecule is CC(C)(C)OC(=O)CN1CCN(CC(=O)OC(C)(C)C)CCN(Cc2ccc(C(=O)O)cc2)CC1.CC(C)(C)OC(=O)CN1CCN(CC(=O)OC(C)(C)C)CCN(Cc2ccc(C(=O)ON3C(=O)CCC3=O)cc2)CC1.NCCN1C(=O)C=CC1=O.O=C(O)CN1CCN(CC(=O)O)CCN(Cc2ccc(C(=O)NCCN3C(=O)C=CC3=O)cc2)CC1. The van der Waals surface area contributed by atoms with Crippen LogP contribution in [0, 0.1) is 0 Å². The summed E-state index contributed by atoms with van der Waals surface area (Å²) in [4.78, 5) is 202. The summed E-state index contributed by atoms with van der Waals surface area (Å²) < 4.78 is 22.1. The summed E-state index contributed by atoms with van der Waals surface area (Å²) in [5.41, 5.74) is 6.73. The van der Waals surface area contributed by atoms with Crippen molar-refractivity contribution < 1.29 is 111 Å². The lowest BCUT2D eigenvalue weighted by atomic mass is 10.1. The summed E-state index contributed by atoms with van der Waals surface area (Å²) in [6.07, 6.45) is 4.96. The maximum Gasteiger partial charge on any atom is 0.363 e. The highest BCUT2D eigenvalue weighted by Gasteiger charge is 2.35. The van der Waals surface area contributed by atoms with E-state index in [1.54, 1.807) is 48.5 Å². The van der Waals surface area contributed by atoms with E-state index in [-0.39, 0.29) is 118 Å². The van der Waals surface area contributed by atoms with Gasteiger partial charge >= 0.3 is 47.8 Å². The van der Waals surface area contributed by atoms with Crippen LogP contribution in [-0.4, -0.2) is 369 Å². The number of carboxylic acids is 3. The van der Waals surface area contributed by atoms with Crippen molar-refractivity contribution in [2.45, 2.75) is 138 Å². The molecule has 6 heterocycles. The number of aliphatic carboxylic acids is 2. The van der Waals surface area contributed by atoms with Crippen LogP contribution < -0.4 is 11.1 Å². The molecule has 0 bridgehead atoms. The van der Waals surface area contributed by atoms with Crippen molar-refractivity contribution in [2.24, 2.45) is 5.73 Å². The molecule has 0 radical (unpaired) electrons. The first-order valence-corrected chi connectivity index (χ1v) is 41.2. The van der Waals surface area contributed by atoms with Gasteiger partial charge in [-0.3, -0.25) is 116 Å². The van der Waals surface area contributed by atoms with Gasteiger partial charge in [-0.15, -0.1) is 5.06 Å². The number of nitrogens with two attached hydrogens (primary N) is 1. The normalized spacial score (nSPS) is 17.8. The van der Waals surface area contributed by atoms with Crippen LogP contribution >= 0.6 is 0 Å². The Labute approximate surface area is 718 Å². The summed E-state index contributed by atoms with van der Waals surface area (Å²) in [6, 6.07) is 20.7. The van der Waals surface area contributed by atoms with E-state index < -0.39 is 69.9 Å². The maximum absolute atomic E-state index is 12.6. The predicted molar refractivity (Wildman–Crippen MR) is 449 cm³/mol. The van der Waals surface area contributed by atoms with Crippen molar-refractivity contribution >= 4 is 89.1 Å². The van der Waals surface area contributed by atoms with Crippen LogP contribution in [0.4, 0.5) is 0 Å². The van der Waals surface area contributed by atoms with Crippen LogP contribution in [0.5, 0.6) is 0 Å². The maximum atomic E-state index is 12.6. The van der Waals surface area contributed by atoms with Crippen LogP contribution in [0.25, 0.3) is 0 Å². The minimum atomic E-state index is -0.949. The van der Waals surface area contributed by atoms with Crippen molar-refractivity contribution in [3.05, 3.63) is 130 Å². The van der Waals surface area contributed by atoms with E-state index in [9.17, 15) is 82.1 Å². The number of ether oxygens (including phenoxy) is 4. The number of nitrogens with one attached hydrogen (secondary N) is 1. The second-order valence-electron chi connectivity index (χ2n) is 34.3. The number of nitrogens with zero attached hydrogens (tertiary/aromatic N) is 12. The molecule has 0 spiro atoms. The van der Waals surface area contributed by atoms with E-state index in [0.717, 1.165) is 39.6 Å². The quantitative estimate of drug-likeness (QED) is 0.0415. The number of rotatable bonds is 27. The molecule has 4 saturated heterocycles. The molecule has 37 nitrogen and oxygen atoms in total. The number of benzene rings is 3. The third-order valence-electron chi connectivity index (χ3n) is 19.2. The molecule has 0 atom stereocenters. The zero-order valence-corrected chi connectivity index (χ0v) is 73.0. The van der Waals surface area contributed by atoms with Crippen LogP contribution in [0.15, 0.2) is 97.1 Å². The lowest BCUT2D eigenvalue weighted by molar-refractivity contribution is -0.173. The van der Waals surface area contributed by atoms with E-state index in [2.05, 4.69) is 29.8 Å². The smallest absolute Gasteiger partial charge is 0.363 e. The van der Waals surface area contributed by atoms with Crippen molar-refractivity contribution in [2.75, 3.05) is 183 Å². The van der Waals surface area contributed by atoms with Gasteiger partial charge in [0.2, 0.25) is 0 Å². The van der Waals surface area contributed by atoms with Crippen molar-refractivity contribution in [1.29, 1.82) is 0 Å². The van der Waals surface area contributed by atoms with E-state index in [1.807, 2.05) is 127 Å². The summed E-state index contributed by atoms with van der Waals surface area (Å²) in [7, 11) is 0. The molecule has 0 aliphatic carbocycles. The minimum absolute atomic E-state index is 0.0330. The van der Waals surface area contributed by atoms with Gasteiger partial charge in [0, 0.05) is 206 Å². The number of hydroxylamine groups is 2. The van der Waals surface area contributed by atoms with E-state index in [4.69, 9.17) is 34.6 Å². The molecule has 7 amide bonds. The Morgan fingerprint density at radius 1 is 0.350 bits per heavy atom. The molecule has 6 aliphatic heterocycles. The molecule has 676 valence electrons. The minimum Gasteiger partial charge on any atom is -0.480 e. The number of aromatic carboxylic acids is 1. The molecule has 123 heavy (non-hydrogen) atoms. The highest BCUT2D eigenvalue weighted by molar-refractivity contribution is 6.13. The average molecular weight is 1720 g/mol. The van der Waals surface area contributed by atoms with Gasteiger partial charge in [-0.05, 0) is 136 Å². The molecule has 6 N–H and O–H groups in total. The molecular formula is C86H124N14O23. The van der Waals surface area contributed by atoms with Crippen molar-refractivity contribution in [1.82, 2.24) is 64.3 Å². The third-order valence-corrected chi connectivity index (χ3v) is 19.2. The zero-order valence-electron chi connectivity index (χ0n) is 73.0. The summed E-state index contributed by atoms with van der Waals surface area (Å²) >= 11 is 0. The molecule has 0 unspecified atom stereocenters. The monoisotopic (exact) mass is 1720 g/mol. The standard InChI is InChI=1S/C30H44N4O8.C26H41N3O6.C24H31N5O7.C6H8N2O2/c1-29(2,3)40-26(37)20-32-15-13-31(14-16-33(18-17-32)21-27(38)41-30(4,5)6)19-22-7-9-23(10-8-22)28(39)42-34-24(35)11-12-25(34)36;1-25(2,3)34-22(30)18-28-13-11-27(17-20-7-9-21(10-8-20)24(32)33)12-14-29(16-15-28)19-23(31)35-26(4,5)6;30-20-5-6-21(31)29(20)8-7-25-24(36)19-3-1-18(2-4-19)15-26-9-11-27(16-22(32)33)13-14-28(12-10-26)17-23(34)35;7-3-4-8-5(9)1-2-6(8)10/h7-10H,11-21H2,1-6H3;7-10H,11-19H2,1-6H3,(H,32,33);1-6H,7-17H2,(H,25,36)(H,32,33)(H,34,35);1-2H,3-4,7H2. The molecule has 0 saturated carbocycles. The fraction of sp³-hybridized carbons (Fsp3) is 0.570. The summed E-state index contributed by atoms with van der Waals surface area (Å²) in [5, 5.41) is 30.7. The lowest BCUT2D eigenvalue weighted by Gasteiger charge is -2.27. The van der Waals surface area contributed by atoms with Gasteiger partial charge in [-0.1, -0.05) is 36.4 Å². The van der Waals surface area contributed by atoms with Crippen LogP contribution in [0.3, 0.4) is 0 Å². The Morgan fingerprint density at radius 3 is 0.862 bits per heavy atom. The molecule has 4 fully saturated rings. The predicted octanol–water partition coefficient (Wildman–Crippen LogP) is 2.30. The number of hydrogen-bond acceptors (Lipinski definition) is 30. The van der Waals surface area contributed by atoms with Crippen LogP contribution in [0.1, 0.15) is 144 Å². The van der Waals surface area contributed by atoms with E-state index in [1.165, 1.54) is 24.3 Å². The Hall–Kier alpha value is -10.6. The molecule has 37 heteroatoms. The first-order chi connectivity index (χ1) is 57.7. The number of carbonyl (C=O) groups excluding carboxylic acids is 12. The highest BCUT2D eigenvalue weighted by Crippen LogP contribution is 2.20. The molecule has 3 aromatic carbocycles. The lowest BCUT2D eigenvalue weighted by Crippen LogP contribution is -2.42. The Bertz CT molecular complexity index is 4030. The number of hydrogen-bond donors (Lipinski definition) is 5. The first kappa shape index (κ1) is 101. The largest absolute Gasteiger partial charge is 0.480 e. The molecule has 9 rings (SSSR count). The number of imide groups is 3. The van der Waals surface area contributed by atoms with E-state index >= 15 is 0 Å². The second kappa shape index (κ2) is 48.4. The molecule has 0 aromatic heterocycles.